The van der Waals surface area contributed by atoms with Crippen molar-refractivity contribution in [1.82, 2.24) is 0 Å². The van der Waals surface area contributed by atoms with Gasteiger partial charge in [-0.05, 0) is 6.42 Å². The number of carbonyl (C=O) groups is 1. The SMILES string of the molecule is C=C(C(=O)C(C)(C)CC)C(F)(F)F. The van der Waals surface area contributed by atoms with Crippen LogP contribution in [0.1, 0.15) is 27.2 Å². The number of rotatable bonds is 3. The monoisotopic (exact) mass is 194 g/mol. The molecule has 0 fully saturated rings. The van der Waals surface area contributed by atoms with Crippen LogP contribution >= 0.6 is 0 Å². The summed E-state index contributed by atoms with van der Waals surface area (Å²) in [4.78, 5) is 11.2. The molecule has 0 aliphatic carbocycles. The molecular formula is C9H13F3O. The molecular weight excluding hydrogens is 181 g/mol. The van der Waals surface area contributed by atoms with Gasteiger partial charge in [0.2, 0.25) is 0 Å². The van der Waals surface area contributed by atoms with E-state index in [4.69, 9.17) is 0 Å². The van der Waals surface area contributed by atoms with E-state index in [1.54, 1.807) is 6.92 Å². The molecule has 76 valence electrons. The van der Waals surface area contributed by atoms with Gasteiger partial charge in [0.05, 0.1) is 5.57 Å². The van der Waals surface area contributed by atoms with Crippen LogP contribution in [0, 0.1) is 5.41 Å². The molecule has 0 aromatic carbocycles. The second kappa shape index (κ2) is 3.52. The van der Waals surface area contributed by atoms with E-state index in [0.29, 0.717) is 6.42 Å². The van der Waals surface area contributed by atoms with Gasteiger partial charge in [0.25, 0.3) is 0 Å². The van der Waals surface area contributed by atoms with E-state index in [-0.39, 0.29) is 0 Å². The second-order valence-electron chi connectivity index (χ2n) is 3.54. The largest absolute Gasteiger partial charge is 0.419 e. The Labute approximate surface area is 75.6 Å². The van der Waals surface area contributed by atoms with E-state index < -0.39 is 22.9 Å². The average Bonchev–Trinajstić information content (AvgIpc) is 2.00. The fourth-order valence-corrected chi connectivity index (χ4v) is 0.698. The number of halogens is 3. The normalized spacial score (nSPS) is 12.8. The highest BCUT2D eigenvalue weighted by Crippen LogP contribution is 2.32. The van der Waals surface area contributed by atoms with Crippen LogP contribution < -0.4 is 0 Å². The molecule has 0 bridgehead atoms. The molecule has 0 saturated heterocycles. The Morgan fingerprint density at radius 3 is 1.92 bits per heavy atom. The van der Waals surface area contributed by atoms with E-state index in [9.17, 15) is 18.0 Å². The van der Waals surface area contributed by atoms with Gasteiger partial charge in [-0.25, -0.2) is 0 Å². The molecule has 0 radical (unpaired) electrons. The lowest BCUT2D eigenvalue weighted by molar-refractivity contribution is -0.135. The number of ketones is 1. The van der Waals surface area contributed by atoms with Crippen LogP contribution in [0.5, 0.6) is 0 Å². The first-order valence-electron chi connectivity index (χ1n) is 3.94. The maximum absolute atomic E-state index is 12.0. The van der Waals surface area contributed by atoms with Gasteiger partial charge in [0.1, 0.15) is 0 Å². The molecule has 0 aliphatic heterocycles. The van der Waals surface area contributed by atoms with Crippen LogP contribution in [0.4, 0.5) is 13.2 Å². The van der Waals surface area contributed by atoms with Crippen LogP contribution in [-0.4, -0.2) is 12.0 Å². The second-order valence-corrected chi connectivity index (χ2v) is 3.54. The molecule has 0 aromatic heterocycles. The molecule has 0 heterocycles. The number of carbonyl (C=O) groups excluding carboxylic acids is 1. The van der Waals surface area contributed by atoms with Gasteiger partial charge in [-0.15, -0.1) is 0 Å². The van der Waals surface area contributed by atoms with Crippen LogP contribution in [0.2, 0.25) is 0 Å². The van der Waals surface area contributed by atoms with Crippen LogP contribution in [0.15, 0.2) is 12.2 Å². The standard InChI is InChI=1S/C9H13F3O/c1-5-8(3,4)7(13)6(2)9(10,11)12/h2,5H2,1,3-4H3. The van der Waals surface area contributed by atoms with Crippen LogP contribution in [0.3, 0.4) is 0 Å². The number of Topliss-reactive ketones (excluding diaryl/α,β-unsaturated/α-hetero) is 1. The fourth-order valence-electron chi connectivity index (χ4n) is 0.698. The molecule has 4 heteroatoms. The highest BCUT2D eigenvalue weighted by atomic mass is 19.4. The van der Waals surface area contributed by atoms with Crippen molar-refractivity contribution in [3.8, 4) is 0 Å². The van der Waals surface area contributed by atoms with Gasteiger partial charge >= 0.3 is 6.18 Å². The van der Waals surface area contributed by atoms with Crippen molar-refractivity contribution >= 4 is 5.78 Å². The number of hydrogen-bond acceptors (Lipinski definition) is 1. The summed E-state index contributed by atoms with van der Waals surface area (Å²) in [5.74, 6) is -0.928. The molecule has 0 spiro atoms. The number of alkyl halides is 3. The minimum atomic E-state index is -4.61. The molecule has 0 rings (SSSR count). The van der Waals surface area contributed by atoms with Gasteiger partial charge in [-0.3, -0.25) is 4.79 Å². The quantitative estimate of drug-likeness (QED) is 0.631. The summed E-state index contributed by atoms with van der Waals surface area (Å²) in [7, 11) is 0. The summed E-state index contributed by atoms with van der Waals surface area (Å²) in [6.07, 6.45) is -4.25. The van der Waals surface area contributed by atoms with Crippen molar-refractivity contribution in [2.24, 2.45) is 5.41 Å². The predicted octanol–water partition coefficient (Wildman–Crippen LogP) is 3.11. The van der Waals surface area contributed by atoms with Crippen molar-refractivity contribution in [2.75, 3.05) is 0 Å². The fraction of sp³-hybridized carbons (Fsp3) is 0.667. The van der Waals surface area contributed by atoms with Gasteiger partial charge in [0, 0.05) is 5.41 Å². The first-order chi connectivity index (χ1) is 5.63. The van der Waals surface area contributed by atoms with E-state index in [0.717, 1.165) is 0 Å². The Kier molecular flexibility index (Phi) is 3.30. The summed E-state index contributed by atoms with van der Waals surface area (Å²) in [6.45, 7) is 7.39. The Hall–Kier alpha value is -0.800. The van der Waals surface area contributed by atoms with Crippen molar-refractivity contribution in [1.29, 1.82) is 0 Å². The lowest BCUT2D eigenvalue weighted by Crippen LogP contribution is -2.30. The number of hydrogen-bond donors (Lipinski definition) is 0. The Bertz CT molecular complexity index is 226. The molecule has 0 saturated carbocycles. The Balaban J connectivity index is 4.74. The summed E-state index contributed by atoms with van der Waals surface area (Å²) in [6, 6.07) is 0. The van der Waals surface area contributed by atoms with E-state index in [1.807, 2.05) is 0 Å². The highest BCUT2D eigenvalue weighted by Gasteiger charge is 2.41. The predicted molar refractivity (Wildman–Crippen MR) is 44.3 cm³/mol. The molecule has 0 aliphatic rings. The number of allylic oxidation sites excluding steroid dienone is 1. The van der Waals surface area contributed by atoms with Gasteiger partial charge in [-0.2, -0.15) is 13.2 Å². The summed E-state index contributed by atoms with van der Waals surface area (Å²) < 4.78 is 36.1. The van der Waals surface area contributed by atoms with Gasteiger partial charge < -0.3 is 0 Å². The Morgan fingerprint density at radius 2 is 1.69 bits per heavy atom. The average molecular weight is 194 g/mol. The molecule has 0 unspecified atom stereocenters. The minimum absolute atomic E-state index is 0.362. The third kappa shape index (κ3) is 2.86. The van der Waals surface area contributed by atoms with Gasteiger partial charge in [-0.1, -0.05) is 27.4 Å². The zero-order chi connectivity index (χ0) is 10.9. The van der Waals surface area contributed by atoms with Crippen molar-refractivity contribution in [3.63, 3.8) is 0 Å². The maximum atomic E-state index is 12.0. The molecule has 13 heavy (non-hydrogen) atoms. The van der Waals surface area contributed by atoms with Crippen molar-refractivity contribution in [2.45, 2.75) is 33.4 Å². The van der Waals surface area contributed by atoms with E-state index in [2.05, 4.69) is 6.58 Å². The third-order valence-electron chi connectivity index (χ3n) is 2.11. The molecule has 0 N–H and O–H groups in total. The van der Waals surface area contributed by atoms with Crippen LogP contribution in [0.25, 0.3) is 0 Å². The molecule has 1 nitrogen and oxygen atoms in total. The first-order valence-corrected chi connectivity index (χ1v) is 3.94. The van der Waals surface area contributed by atoms with Crippen LogP contribution in [-0.2, 0) is 4.79 Å². The van der Waals surface area contributed by atoms with Gasteiger partial charge in [0.15, 0.2) is 5.78 Å². The topological polar surface area (TPSA) is 17.1 Å². The smallest absolute Gasteiger partial charge is 0.294 e. The summed E-state index contributed by atoms with van der Waals surface area (Å²) in [5.41, 5.74) is -2.24. The van der Waals surface area contributed by atoms with Crippen molar-refractivity contribution < 1.29 is 18.0 Å². The Morgan fingerprint density at radius 1 is 1.31 bits per heavy atom. The molecule has 0 atom stereocenters. The summed E-state index contributed by atoms with van der Waals surface area (Å²) >= 11 is 0. The molecule has 0 amide bonds. The first kappa shape index (κ1) is 12.2. The lowest BCUT2D eigenvalue weighted by Gasteiger charge is -2.22. The van der Waals surface area contributed by atoms with E-state index in [1.165, 1.54) is 13.8 Å². The van der Waals surface area contributed by atoms with E-state index >= 15 is 0 Å². The third-order valence-corrected chi connectivity index (χ3v) is 2.11. The zero-order valence-corrected chi connectivity index (χ0v) is 7.96. The summed E-state index contributed by atoms with van der Waals surface area (Å²) in [5, 5.41) is 0. The lowest BCUT2D eigenvalue weighted by atomic mass is 9.82. The maximum Gasteiger partial charge on any atom is 0.419 e. The van der Waals surface area contributed by atoms with Crippen molar-refractivity contribution in [3.05, 3.63) is 12.2 Å². The highest BCUT2D eigenvalue weighted by molar-refractivity contribution is 5.99. The molecule has 0 aromatic rings. The minimum Gasteiger partial charge on any atom is -0.294 e. The zero-order valence-electron chi connectivity index (χ0n) is 7.96.